The predicted molar refractivity (Wildman–Crippen MR) is 171 cm³/mol. The highest BCUT2D eigenvalue weighted by atomic mass is 14.3. The van der Waals surface area contributed by atoms with Gasteiger partial charge in [0.25, 0.3) is 0 Å². The number of aryl methyl sites for hydroxylation is 2. The van der Waals surface area contributed by atoms with Crippen molar-refractivity contribution in [3.63, 3.8) is 0 Å². The van der Waals surface area contributed by atoms with Crippen molar-refractivity contribution < 1.29 is 0 Å². The third kappa shape index (κ3) is 4.61. The van der Waals surface area contributed by atoms with E-state index in [0.717, 1.165) is 12.0 Å². The fourth-order valence-corrected chi connectivity index (χ4v) is 6.70. The van der Waals surface area contributed by atoms with Crippen LogP contribution in [0, 0.1) is 20.8 Å². The molecule has 0 amide bonds. The quantitative estimate of drug-likeness (QED) is 0.257. The summed E-state index contributed by atoms with van der Waals surface area (Å²) in [5.74, 6) is 0. The zero-order valence-electron chi connectivity index (χ0n) is 25.0. The van der Waals surface area contributed by atoms with E-state index in [0.29, 0.717) is 0 Å². The molecule has 1 aliphatic carbocycles. The van der Waals surface area contributed by atoms with Gasteiger partial charge in [0.05, 0.1) is 0 Å². The molecule has 0 heteroatoms. The molecule has 0 spiro atoms. The molecule has 0 atom stereocenters. The van der Waals surface area contributed by atoms with Crippen LogP contribution in [0.1, 0.15) is 79.1 Å². The van der Waals surface area contributed by atoms with Gasteiger partial charge in [0, 0.05) is 10.8 Å². The zero-order valence-corrected chi connectivity index (χ0v) is 25.0. The van der Waals surface area contributed by atoms with E-state index in [1.54, 1.807) is 0 Å². The lowest BCUT2D eigenvalue weighted by Crippen LogP contribution is -2.22. The van der Waals surface area contributed by atoms with Gasteiger partial charge in [-0.1, -0.05) is 125 Å². The maximum Gasteiger partial charge on any atom is 0.0152 e. The molecule has 0 bridgehead atoms. The first kappa shape index (κ1) is 26.9. The highest BCUT2D eigenvalue weighted by molar-refractivity contribution is 5.91. The molecule has 0 unspecified atom stereocenters. The summed E-state index contributed by atoms with van der Waals surface area (Å²) in [6.07, 6.45) is 5.67. The molecule has 0 saturated carbocycles. The Morgan fingerprint density at radius 3 is 2.21 bits per heavy atom. The Balaban J connectivity index is 1.75. The normalized spacial score (nSPS) is 18.3. The number of hydrogen-bond acceptors (Lipinski definition) is 0. The molecular weight excluding hydrogens is 468 g/mol. The van der Waals surface area contributed by atoms with Gasteiger partial charge in [0.1, 0.15) is 0 Å². The molecule has 0 fully saturated rings. The fraction of sp³-hybridized carbons (Fsp3) is 0.282. The summed E-state index contributed by atoms with van der Waals surface area (Å²) in [6, 6.07) is 27.0. The van der Waals surface area contributed by atoms with Crippen LogP contribution in [0.2, 0.25) is 0 Å². The van der Waals surface area contributed by atoms with E-state index in [1.807, 2.05) is 0 Å². The van der Waals surface area contributed by atoms with Gasteiger partial charge in [-0.05, 0) is 101 Å². The first-order valence-electron chi connectivity index (χ1n) is 14.2. The van der Waals surface area contributed by atoms with Gasteiger partial charge in [-0.15, -0.1) is 0 Å². The second-order valence-corrected chi connectivity index (χ2v) is 12.5. The Hall–Kier alpha value is -3.64. The average Bonchev–Trinajstić information content (AvgIpc) is 2.89. The smallest absolute Gasteiger partial charge is 0.0152 e. The molecule has 0 radical (unpaired) electrons. The molecule has 0 heterocycles. The van der Waals surface area contributed by atoms with Crippen LogP contribution in [-0.4, -0.2) is 0 Å². The Labute approximate surface area is 235 Å². The lowest BCUT2D eigenvalue weighted by Gasteiger charge is -2.32. The molecule has 0 aliphatic heterocycles. The maximum absolute atomic E-state index is 4.62. The number of hydrogen-bond donors (Lipinski definition) is 0. The van der Waals surface area contributed by atoms with Crippen LogP contribution in [0.5, 0.6) is 0 Å². The van der Waals surface area contributed by atoms with E-state index in [1.165, 1.54) is 66.4 Å². The van der Waals surface area contributed by atoms with Crippen LogP contribution in [0.25, 0.3) is 16.3 Å². The molecule has 198 valence electrons. The largest absolute Gasteiger partial charge is 0.0949 e. The molecule has 0 saturated heterocycles. The third-order valence-corrected chi connectivity index (χ3v) is 9.14. The van der Waals surface area contributed by atoms with E-state index < -0.39 is 0 Å². The van der Waals surface area contributed by atoms with Crippen molar-refractivity contribution >= 4 is 16.3 Å². The minimum absolute atomic E-state index is 0.111. The van der Waals surface area contributed by atoms with Crippen molar-refractivity contribution in [2.75, 3.05) is 0 Å². The number of benzene rings is 4. The van der Waals surface area contributed by atoms with E-state index in [4.69, 9.17) is 0 Å². The zero-order chi connectivity index (χ0) is 28.1. The molecule has 0 aromatic heterocycles. The molecular formula is C39H42. The summed E-state index contributed by atoms with van der Waals surface area (Å²) in [7, 11) is 0. The van der Waals surface area contributed by atoms with Gasteiger partial charge >= 0.3 is 0 Å². The van der Waals surface area contributed by atoms with Gasteiger partial charge in [-0.2, -0.15) is 0 Å². The summed E-state index contributed by atoms with van der Waals surface area (Å²) in [4.78, 5) is 0. The van der Waals surface area contributed by atoms with Gasteiger partial charge in [0.15, 0.2) is 0 Å². The maximum atomic E-state index is 4.62. The standard InChI is InChI=1S/C39H42/c1-25-22-33(29(5)36(23-25)39(8,9)34-18-11-10-14-26(34)2)32-21-20-31-16-12-15-30-17-13-19-35(37(30)31)38(6,7)28(4)24-27(32)3/h10-19,21-24H,4,20H2,1-3,5-9H3/b27-24-,32-21+. The molecule has 0 N–H and O–H groups in total. The first-order chi connectivity index (χ1) is 18.4. The Morgan fingerprint density at radius 2 is 1.49 bits per heavy atom. The van der Waals surface area contributed by atoms with Crippen molar-refractivity contribution in [3.8, 4) is 0 Å². The van der Waals surface area contributed by atoms with E-state index in [9.17, 15) is 0 Å². The summed E-state index contributed by atoms with van der Waals surface area (Å²) < 4.78 is 0. The number of rotatable bonds is 3. The monoisotopic (exact) mass is 510 g/mol. The van der Waals surface area contributed by atoms with Crippen molar-refractivity contribution in [2.24, 2.45) is 0 Å². The van der Waals surface area contributed by atoms with Gasteiger partial charge in [0.2, 0.25) is 0 Å². The molecule has 1 aliphatic rings. The summed E-state index contributed by atoms with van der Waals surface area (Å²) in [5, 5.41) is 2.67. The highest BCUT2D eigenvalue weighted by Gasteiger charge is 2.30. The predicted octanol–water partition coefficient (Wildman–Crippen LogP) is 10.5. The molecule has 4 aromatic rings. The highest BCUT2D eigenvalue weighted by Crippen LogP contribution is 2.42. The molecule has 39 heavy (non-hydrogen) atoms. The van der Waals surface area contributed by atoms with Crippen LogP contribution in [0.3, 0.4) is 0 Å². The summed E-state index contributed by atoms with van der Waals surface area (Å²) in [6.45, 7) is 23.0. The van der Waals surface area contributed by atoms with Crippen molar-refractivity contribution in [1.82, 2.24) is 0 Å². The minimum atomic E-state index is -0.182. The van der Waals surface area contributed by atoms with Gasteiger partial charge < -0.3 is 0 Å². The third-order valence-electron chi connectivity index (χ3n) is 9.14. The SMILES string of the molecule is C=C1/C=C(C)\C(c2cc(C)cc(C(C)(C)c3ccccc3C)c2C)=C/Cc2cccc3cccc(c23)C1(C)C. The van der Waals surface area contributed by atoms with Crippen LogP contribution < -0.4 is 0 Å². The van der Waals surface area contributed by atoms with Crippen LogP contribution >= 0.6 is 0 Å². The van der Waals surface area contributed by atoms with Gasteiger partial charge in [-0.25, -0.2) is 0 Å². The van der Waals surface area contributed by atoms with E-state index in [2.05, 4.69) is 147 Å². The summed E-state index contributed by atoms with van der Waals surface area (Å²) in [5.41, 5.74) is 14.3. The van der Waals surface area contributed by atoms with Crippen LogP contribution in [0.15, 0.2) is 103 Å². The lowest BCUT2D eigenvalue weighted by atomic mass is 9.72. The van der Waals surface area contributed by atoms with Crippen molar-refractivity contribution in [2.45, 2.75) is 72.6 Å². The summed E-state index contributed by atoms with van der Waals surface area (Å²) >= 11 is 0. The lowest BCUT2D eigenvalue weighted by molar-refractivity contribution is 0.630. The van der Waals surface area contributed by atoms with Crippen LogP contribution in [0.4, 0.5) is 0 Å². The molecule has 0 nitrogen and oxygen atoms in total. The van der Waals surface area contributed by atoms with E-state index in [-0.39, 0.29) is 10.8 Å². The molecule has 4 aromatic carbocycles. The Bertz CT molecular complexity index is 1660. The average molecular weight is 511 g/mol. The first-order valence-corrected chi connectivity index (χ1v) is 14.2. The minimum Gasteiger partial charge on any atom is -0.0949 e. The molecule has 5 rings (SSSR count). The van der Waals surface area contributed by atoms with Crippen LogP contribution in [-0.2, 0) is 17.3 Å². The Kier molecular flexibility index (Phi) is 6.79. The van der Waals surface area contributed by atoms with E-state index >= 15 is 0 Å². The topological polar surface area (TPSA) is 0 Å². The van der Waals surface area contributed by atoms with Crippen molar-refractivity contribution in [3.05, 3.63) is 147 Å². The second kappa shape index (κ2) is 9.83. The van der Waals surface area contributed by atoms with Gasteiger partial charge in [-0.3, -0.25) is 0 Å². The Morgan fingerprint density at radius 1 is 0.795 bits per heavy atom. The fourth-order valence-electron chi connectivity index (χ4n) is 6.70. The number of allylic oxidation sites excluding steroid dienone is 5. The second-order valence-electron chi connectivity index (χ2n) is 12.5. The van der Waals surface area contributed by atoms with Crippen molar-refractivity contribution in [1.29, 1.82) is 0 Å².